The summed E-state index contributed by atoms with van der Waals surface area (Å²) in [6.07, 6.45) is 0.833. The molecule has 1 aliphatic heterocycles. The van der Waals surface area contributed by atoms with Gasteiger partial charge in [0.2, 0.25) is 0 Å². The van der Waals surface area contributed by atoms with Crippen molar-refractivity contribution in [1.29, 1.82) is 0 Å². The molecule has 0 saturated carbocycles. The van der Waals surface area contributed by atoms with Crippen molar-refractivity contribution >= 4 is 21.7 Å². The van der Waals surface area contributed by atoms with Crippen molar-refractivity contribution in [3.8, 4) is 0 Å². The summed E-state index contributed by atoms with van der Waals surface area (Å²) < 4.78 is 1.05. The molecule has 5 nitrogen and oxygen atoms in total. The molecule has 1 aromatic carbocycles. The van der Waals surface area contributed by atoms with Gasteiger partial charge in [-0.2, -0.15) is 4.98 Å². The van der Waals surface area contributed by atoms with Crippen molar-refractivity contribution < 1.29 is 0 Å². The molecule has 0 saturated heterocycles. The first-order chi connectivity index (χ1) is 9.72. The Labute approximate surface area is 125 Å². The maximum Gasteiger partial charge on any atom is 0.347 e. The number of aromatic amines is 1. The Hall–Kier alpha value is -1.66. The number of aromatic nitrogens is 2. The molecule has 0 spiro atoms. The van der Waals surface area contributed by atoms with Crippen LogP contribution in [0.15, 0.2) is 33.5 Å². The Kier molecular flexibility index (Phi) is 3.84. The Morgan fingerprint density at radius 1 is 1.30 bits per heavy atom. The Morgan fingerprint density at radius 3 is 2.90 bits per heavy atom. The molecule has 3 rings (SSSR count). The lowest BCUT2D eigenvalue weighted by atomic mass is 10.1. The van der Waals surface area contributed by atoms with Gasteiger partial charge in [0.1, 0.15) is 5.82 Å². The number of hydrogen-bond donors (Lipinski definition) is 3. The van der Waals surface area contributed by atoms with Gasteiger partial charge in [-0.25, -0.2) is 4.79 Å². The van der Waals surface area contributed by atoms with E-state index in [2.05, 4.69) is 36.5 Å². The molecule has 1 aromatic heterocycles. The third kappa shape index (κ3) is 2.91. The number of rotatable bonds is 3. The van der Waals surface area contributed by atoms with Crippen molar-refractivity contribution in [2.75, 3.05) is 11.9 Å². The second kappa shape index (κ2) is 5.76. The van der Waals surface area contributed by atoms with E-state index < -0.39 is 0 Å². The van der Waals surface area contributed by atoms with Crippen LogP contribution in [0.1, 0.15) is 16.8 Å². The van der Waals surface area contributed by atoms with Crippen LogP contribution >= 0.6 is 15.9 Å². The number of nitrogens with one attached hydrogen (secondary N) is 3. The van der Waals surface area contributed by atoms with Crippen LogP contribution in [-0.4, -0.2) is 16.5 Å². The predicted molar refractivity (Wildman–Crippen MR) is 81.7 cm³/mol. The molecule has 0 fully saturated rings. The molecule has 0 bridgehead atoms. The van der Waals surface area contributed by atoms with Crippen LogP contribution in [0.2, 0.25) is 0 Å². The Bertz CT molecular complexity index is 666. The van der Waals surface area contributed by atoms with Crippen LogP contribution < -0.4 is 16.3 Å². The number of hydrogen-bond acceptors (Lipinski definition) is 4. The molecule has 20 heavy (non-hydrogen) atoms. The highest BCUT2D eigenvalue weighted by atomic mass is 79.9. The van der Waals surface area contributed by atoms with Crippen molar-refractivity contribution in [1.82, 2.24) is 15.3 Å². The smallest absolute Gasteiger partial charge is 0.347 e. The number of benzene rings is 1. The molecule has 1 aliphatic rings. The summed E-state index contributed by atoms with van der Waals surface area (Å²) in [4.78, 5) is 18.5. The van der Waals surface area contributed by atoms with Crippen LogP contribution in [0.3, 0.4) is 0 Å². The van der Waals surface area contributed by atoms with Crippen molar-refractivity contribution in [2.24, 2.45) is 0 Å². The summed E-state index contributed by atoms with van der Waals surface area (Å²) in [6.45, 7) is 2.27. The summed E-state index contributed by atoms with van der Waals surface area (Å²) in [6, 6.07) is 8.07. The third-order valence-corrected chi connectivity index (χ3v) is 3.88. The highest BCUT2D eigenvalue weighted by Gasteiger charge is 2.15. The Morgan fingerprint density at radius 2 is 2.10 bits per heavy atom. The summed E-state index contributed by atoms with van der Waals surface area (Å²) in [7, 11) is 0. The molecule has 0 unspecified atom stereocenters. The number of fused-ring (bicyclic) bond motifs is 1. The minimum absolute atomic E-state index is 0.288. The molecule has 0 radical (unpaired) electrons. The zero-order chi connectivity index (χ0) is 13.9. The maximum atomic E-state index is 11.6. The first-order valence-corrected chi connectivity index (χ1v) is 7.33. The summed E-state index contributed by atoms with van der Waals surface area (Å²) in [5, 5.41) is 6.56. The van der Waals surface area contributed by atoms with Crippen LogP contribution in [0.25, 0.3) is 0 Å². The van der Waals surface area contributed by atoms with Gasteiger partial charge in [-0.3, -0.25) is 0 Å². The highest BCUT2D eigenvalue weighted by molar-refractivity contribution is 9.10. The molecular formula is C14H15BrN4O. The van der Waals surface area contributed by atoms with Gasteiger partial charge in [0.15, 0.2) is 0 Å². The van der Waals surface area contributed by atoms with Crippen molar-refractivity contribution in [3.05, 3.63) is 56.0 Å². The fraction of sp³-hybridized carbons (Fsp3) is 0.286. The molecular weight excluding hydrogens is 320 g/mol. The van der Waals surface area contributed by atoms with Gasteiger partial charge in [0.25, 0.3) is 0 Å². The van der Waals surface area contributed by atoms with E-state index in [0.29, 0.717) is 12.4 Å². The van der Waals surface area contributed by atoms with Crippen LogP contribution in [0.5, 0.6) is 0 Å². The lowest BCUT2D eigenvalue weighted by Gasteiger charge is -2.19. The summed E-state index contributed by atoms with van der Waals surface area (Å²) >= 11 is 3.41. The molecule has 0 atom stereocenters. The minimum Gasteiger partial charge on any atom is -0.366 e. The first kappa shape index (κ1) is 13.3. The molecule has 6 heteroatoms. The monoisotopic (exact) mass is 334 g/mol. The van der Waals surface area contributed by atoms with E-state index in [1.807, 2.05) is 24.3 Å². The fourth-order valence-electron chi connectivity index (χ4n) is 2.31. The molecule has 2 heterocycles. The normalized spacial score (nSPS) is 13.8. The van der Waals surface area contributed by atoms with Gasteiger partial charge in [-0.15, -0.1) is 0 Å². The average Bonchev–Trinajstić information content (AvgIpc) is 2.46. The average molecular weight is 335 g/mol. The van der Waals surface area contributed by atoms with Crippen LogP contribution in [0.4, 0.5) is 5.82 Å². The SMILES string of the molecule is O=c1nc(NCc2ccc(Br)cc2)c2c([nH]1)CCNC2. The number of anilines is 1. The van der Waals surface area contributed by atoms with Gasteiger partial charge in [-0.05, 0) is 17.7 Å². The lowest BCUT2D eigenvalue weighted by molar-refractivity contribution is 0.623. The maximum absolute atomic E-state index is 11.6. The van der Waals surface area contributed by atoms with Gasteiger partial charge >= 0.3 is 5.69 Å². The zero-order valence-electron chi connectivity index (χ0n) is 10.9. The fourth-order valence-corrected chi connectivity index (χ4v) is 2.57. The lowest BCUT2D eigenvalue weighted by Crippen LogP contribution is -2.30. The summed E-state index contributed by atoms with van der Waals surface area (Å²) in [5.74, 6) is 0.680. The number of H-pyrrole nitrogens is 1. The highest BCUT2D eigenvalue weighted by Crippen LogP contribution is 2.18. The van der Waals surface area contributed by atoms with Gasteiger partial charge in [0.05, 0.1) is 0 Å². The van der Waals surface area contributed by atoms with E-state index in [-0.39, 0.29) is 5.69 Å². The van der Waals surface area contributed by atoms with Crippen molar-refractivity contribution in [3.63, 3.8) is 0 Å². The van der Waals surface area contributed by atoms with Crippen molar-refractivity contribution in [2.45, 2.75) is 19.5 Å². The molecule has 104 valence electrons. The zero-order valence-corrected chi connectivity index (χ0v) is 12.5. The van der Waals surface area contributed by atoms with E-state index in [4.69, 9.17) is 0 Å². The minimum atomic E-state index is -0.288. The van der Waals surface area contributed by atoms with Gasteiger partial charge < -0.3 is 15.6 Å². The Balaban J connectivity index is 1.82. The third-order valence-electron chi connectivity index (χ3n) is 3.35. The van der Waals surface area contributed by atoms with E-state index in [0.717, 1.165) is 40.8 Å². The second-order valence-electron chi connectivity index (χ2n) is 4.75. The topological polar surface area (TPSA) is 69.8 Å². The van der Waals surface area contributed by atoms with Gasteiger partial charge in [0, 0.05) is 41.8 Å². The largest absolute Gasteiger partial charge is 0.366 e. The van der Waals surface area contributed by atoms with Gasteiger partial charge in [-0.1, -0.05) is 28.1 Å². The van der Waals surface area contributed by atoms with E-state index in [9.17, 15) is 4.79 Å². The molecule has 3 N–H and O–H groups in total. The quantitative estimate of drug-likeness (QED) is 0.800. The van der Waals surface area contributed by atoms with E-state index in [1.54, 1.807) is 0 Å². The van der Waals surface area contributed by atoms with Crippen LogP contribution in [0, 0.1) is 0 Å². The van der Waals surface area contributed by atoms with E-state index >= 15 is 0 Å². The standard InChI is InChI=1S/C14H15BrN4O/c15-10-3-1-9(2-4-10)7-17-13-11-8-16-6-5-12(11)18-14(20)19-13/h1-4,16H,5-8H2,(H2,17,18,19,20). The first-order valence-electron chi connectivity index (χ1n) is 6.53. The summed E-state index contributed by atoms with van der Waals surface area (Å²) in [5.41, 5.74) is 2.91. The molecule has 2 aromatic rings. The second-order valence-corrected chi connectivity index (χ2v) is 5.67. The molecule has 0 amide bonds. The number of halogens is 1. The van der Waals surface area contributed by atoms with E-state index in [1.165, 1.54) is 0 Å². The molecule has 0 aliphatic carbocycles. The number of nitrogens with zero attached hydrogens (tertiary/aromatic N) is 1. The predicted octanol–water partition coefficient (Wildman–Crippen LogP) is 1.79. The van der Waals surface area contributed by atoms with Crippen LogP contribution in [-0.2, 0) is 19.5 Å².